The van der Waals surface area contributed by atoms with Gasteiger partial charge in [-0.1, -0.05) is 11.6 Å². The van der Waals surface area contributed by atoms with Gasteiger partial charge in [0.25, 0.3) is 11.8 Å². The Labute approximate surface area is 102 Å². The van der Waals surface area contributed by atoms with Gasteiger partial charge in [-0.05, 0) is 24.3 Å². The maximum Gasteiger partial charge on any atom is 0.266 e. The van der Waals surface area contributed by atoms with Crippen molar-refractivity contribution in [3.8, 4) is 0 Å². The number of nitrogens with one attached hydrogen (secondary N) is 3. The first-order chi connectivity index (χ1) is 8.08. The highest BCUT2D eigenvalue weighted by Gasteiger charge is 2.25. The van der Waals surface area contributed by atoms with E-state index in [-0.39, 0.29) is 0 Å². The van der Waals surface area contributed by atoms with Crippen molar-refractivity contribution in [1.82, 2.24) is 10.9 Å². The molecule has 92 valence electrons. The molecule has 1 rings (SSSR count). The summed E-state index contributed by atoms with van der Waals surface area (Å²) in [4.78, 5) is 22.7. The molecule has 2 amide bonds. The molecule has 0 radical (unpaired) electrons. The van der Waals surface area contributed by atoms with Gasteiger partial charge in [-0.2, -0.15) is 0 Å². The molecule has 0 aliphatic heterocycles. The van der Waals surface area contributed by atoms with Crippen molar-refractivity contribution < 1.29 is 9.59 Å². The highest BCUT2D eigenvalue weighted by Crippen LogP contribution is 2.14. The Hall–Kier alpha value is -1.83. The van der Waals surface area contributed by atoms with Crippen LogP contribution in [0.15, 0.2) is 24.3 Å². The number of halogens is 1. The molecule has 17 heavy (non-hydrogen) atoms. The quantitative estimate of drug-likeness (QED) is 0.207. The number of rotatable bonds is 4. The maximum absolute atomic E-state index is 11.3. The Morgan fingerprint density at radius 1 is 1.06 bits per heavy atom. The monoisotopic (exact) mass is 257 g/mol. The number of hydrogen-bond donors (Lipinski definition) is 5. The molecule has 1 aromatic rings. The van der Waals surface area contributed by atoms with Gasteiger partial charge >= 0.3 is 0 Å². The number of nitrogens with two attached hydrogens (primary N) is 2. The van der Waals surface area contributed by atoms with Crippen molar-refractivity contribution >= 4 is 29.1 Å². The maximum atomic E-state index is 11.3. The molecular formula is C9H12ClN5O2. The summed E-state index contributed by atoms with van der Waals surface area (Å²) in [5, 5.41) is 3.21. The van der Waals surface area contributed by atoms with Crippen molar-refractivity contribution in [2.45, 2.75) is 6.04 Å². The average Bonchev–Trinajstić information content (AvgIpc) is 2.36. The minimum Gasteiger partial charge on any atom is -0.366 e. The van der Waals surface area contributed by atoms with Crippen molar-refractivity contribution in [2.75, 3.05) is 5.32 Å². The summed E-state index contributed by atoms with van der Waals surface area (Å²) in [6.07, 6.45) is 0. The molecular weight excluding hydrogens is 246 g/mol. The van der Waals surface area contributed by atoms with Crippen LogP contribution in [-0.2, 0) is 9.59 Å². The highest BCUT2D eigenvalue weighted by molar-refractivity contribution is 6.30. The summed E-state index contributed by atoms with van der Waals surface area (Å²) >= 11 is 5.70. The van der Waals surface area contributed by atoms with Crippen molar-refractivity contribution in [1.29, 1.82) is 0 Å². The third kappa shape index (κ3) is 3.59. The van der Waals surface area contributed by atoms with E-state index in [1.165, 1.54) is 0 Å². The molecule has 0 unspecified atom stereocenters. The first-order valence-corrected chi connectivity index (χ1v) is 4.99. The molecule has 0 aromatic heterocycles. The first kappa shape index (κ1) is 13.2. The third-order valence-corrected chi connectivity index (χ3v) is 2.22. The van der Waals surface area contributed by atoms with Gasteiger partial charge in [-0.3, -0.25) is 20.4 Å². The van der Waals surface area contributed by atoms with E-state index < -0.39 is 17.9 Å². The summed E-state index contributed by atoms with van der Waals surface area (Å²) in [5.41, 5.74) is 4.27. The molecule has 0 atom stereocenters. The smallest absolute Gasteiger partial charge is 0.266 e. The third-order valence-electron chi connectivity index (χ3n) is 1.96. The molecule has 0 saturated heterocycles. The Kier molecular flexibility index (Phi) is 4.70. The molecule has 7 N–H and O–H groups in total. The van der Waals surface area contributed by atoms with Gasteiger partial charge in [0.1, 0.15) is 0 Å². The number of carbonyl (C=O) groups is 2. The van der Waals surface area contributed by atoms with Gasteiger partial charge in [0.05, 0.1) is 0 Å². The van der Waals surface area contributed by atoms with Crippen LogP contribution in [-0.4, -0.2) is 17.9 Å². The fraction of sp³-hybridized carbons (Fsp3) is 0.111. The van der Waals surface area contributed by atoms with Crippen molar-refractivity contribution in [2.24, 2.45) is 11.7 Å². The van der Waals surface area contributed by atoms with Crippen LogP contribution in [0.1, 0.15) is 0 Å². The summed E-state index contributed by atoms with van der Waals surface area (Å²) in [5.74, 6) is 8.51. The predicted octanol–water partition coefficient (Wildman–Crippen LogP) is -0.900. The molecule has 0 aliphatic carbocycles. The molecule has 0 fully saturated rings. The number of anilines is 1. The van der Waals surface area contributed by atoms with E-state index in [1.54, 1.807) is 24.3 Å². The highest BCUT2D eigenvalue weighted by atomic mass is 35.5. The molecule has 7 nitrogen and oxygen atoms in total. The second kappa shape index (κ2) is 6.04. The van der Waals surface area contributed by atoms with E-state index in [0.717, 1.165) is 0 Å². The molecule has 1 aromatic carbocycles. The summed E-state index contributed by atoms with van der Waals surface area (Å²) in [6, 6.07) is 5.24. The van der Waals surface area contributed by atoms with Crippen LogP contribution in [0.25, 0.3) is 0 Å². The van der Waals surface area contributed by atoms with E-state index in [0.29, 0.717) is 10.7 Å². The number of carbonyl (C=O) groups excluding carboxylic acids is 2. The van der Waals surface area contributed by atoms with Gasteiger partial charge < -0.3 is 5.32 Å². The van der Waals surface area contributed by atoms with E-state index >= 15 is 0 Å². The summed E-state index contributed by atoms with van der Waals surface area (Å²) in [6.45, 7) is 0. The van der Waals surface area contributed by atoms with Gasteiger partial charge in [0.15, 0.2) is 6.04 Å². The number of amides is 2. The van der Waals surface area contributed by atoms with E-state index in [4.69, 9.17) is 23.3 Å². The van der Waals surface area contributed by atoms with Crippen LogP contribution in [0.3, 0.4) is 0 Å². The topological polar surface area (TPSA) is 122 Å². The zero-order valence-electron chi connectivity index (χ0n) is 8.74. The van der Waals surface area contributed by atoms with Gasteiger partial charge in [0.2, 0.25) is 0 Å². The van der Waals surface area contributed by atoms with E-state index in [9.17, 15) is 9.59 Å². The molecule has 0 bridgehead atoms. The lowest BCUT2D eigenvalue weighted by molar-refractivity contribution is -0.130. The van der Waals surface area contributed by atoms with Crippen LogP contribution in [0.5, 0.6) is 0 Å². The lowest BCUT2D eigenvalue weighted by Crippen LogP contribution is -2.53. The normalized spacial score (nSPS) is 9.88. The average molecular weight is 258 g/mol. The standard InChI is InChI=1S/C9H12ClN5O2/c10-5-1-3-6(4-2-5)13-7(8(16)14-11)9(17)15-12/h1-4,7,13H,11-12H2,(H,14,16)(H,15,17). The van der Waals surface area contributed by atoms with Crippen LogP contribution >= 0.6 is 11.6 Å². The van der Waals surface area contributed by atoms with Crippen LogP contribution in [0.4, 0.5) is 5.69 Å². The van der Waals surface area contributed by atoms with Gasteiger partial charge in [-0.25, -0.2) is 11.7 Å². The second-order valence-electron chi connectivity index (χ2n) is 3.10. The van der Waals surface area contributed by atoms with Crippen LogP contribution in [0.2, 0.25) is 5.02 Å². The zero-order chi connectivity index (χ0) is 12.8. The Morgan fingerprint density at radius 3 is 1.94 bits per heavy atom. The van der Waals surface area contributed by atoms with E-state index in [2.05, 4.69) is 5.32 Å². The largest absolute Gasteiger partial charge is 0.366 e. The lowest BCUT2D eigenvalue weighted by Gasteiger charge is -2.16. The van der Waals surface area contributed by atoms with Crippen LogP contribution in [0, 0.1) is 0 Å². The van der Waals surface area contributed by atoms with Crippen LogP contribution < -0.4 is 27.9 Å². The van der Waals surface area contributed by atoms with E-state index in [1.807, 2.05) is 10.9 Å². The minimum absolute atomic E-state index is 0.534. The minimum atomic E-state index is -1.22. The molecule has 0 heterocycles. The van der Waals surface area contributed by atoms with Crippen molar-refractivity contribution in [3.05, 3.63) is 29.3 Å². The molecule has 0 aliphatic rings. The molecule has 8 heteroatoms. The lowest BCUT2D eigenvalue weighted by atomic mass is 10.2. The Morgan fingerprint density at radius 2 is 1.53 bits per heavy atom. The zero-order valence-corrected chi connectivity index (χ0v) is 9.49. The Bertz CT molecular complexity index is 392. The fourth-order valence-electron chi connectivity index (χ4n) is 1.13. The van der Waals surface area contributed by atoms with Gasteiger partial charge in [-0.15, -0.1) is 0 Å². The van der Waals surface area contributed by atoms with Gasteiger partial charge in [0, 0.05) is 10.7 Å². The summed E-state index contributed by atoms with van der Waals surface area (Å²) < 4.78 is 0. The second-order valence-corrected chi connectivity index (χ2v) is 3.54. The Balaban J connectivity index is 2.82. The number of benzene rings is 1. The first-order valence-electron chi connectivity index (χ1n) is 4.61. The predicted molar refractivity (Wildman–Crippen MR) is 63.5 cm³/mol. The summed E-state index contributed by atoms with van der Waals surface area (Å²) in [7, 11) is 0. The molecule has 0 spiro atoms. The fourth-order valence-corrected chi connectivity index (χ4v) is 1.26. The SMILES string of the molecule is NNC(=O)C(Nc1ccc(Cl)cc1)C(=O)NN. The van der Waals surface area contributed by atoms with Crippen molar-refractivity contribution in [3.63, 3.8) is 0 Å². The number of hydrogen-bond acceptors (Lipinski definition) is 5. The molecule has 0 saturated carbocycles. The number of hydrazine groups is 2.